The molecular weight excluding hydrogens is 515 g/mol. The van der Waals surface area contributed by atoms with Gasteiger partial charge in [0, 0.05) is 34.1 Å². The number of nitrogens with zero attached hydrogens (tertiary/aromatic N) is 2. The van der Waals surface area contributed by atoms with Crippen LogP contribution in [0.4, 0.5) is 4.39 Å². The van der Waals surface area contributed by atoms with Crippen molar-refractivity contribution < 1.29 is 33.2 Å². The predicted octanol–water partition coefficient (Wildman–Crippen LogP) is 4.33. The van der Waals surface area contributed by atoms with Gasteiger partial charge in [-0.15, -0.1) is 20.2 Å². The lowest BCUT2D eigenvalue weighted by Gasteiger charge is -2.13. The third kappa shape index (κ3) is 6.98. The van der Waals surface area contributed by atoms with Crippen LogP contribution in [0.2, 0.25) is 0 Å². The van der Waals surface area contributed by atoms with Crippen LogP contribution in [-0.4, -0.2) is 44.2 Å². The Bertz CT molecular complexity index is 1280. The molecule has 0 heterocycles. The standard InChI is InChI=1S/C23H21FN2O8S2/c1-14-20(9-15-3-6-18(7-4-15)36(2)32)19-8-5-16(24)10-22(19)21(14)11-23(27)35-13-17(34-26(30)31)12-33-25(28)29/h3-10,17H,11-13H2,1-2H3. The summed E-state index contributed by atoms with van der Waals surface area (Å²) in [7, 11) is -1.11. The average Bonchev–Trinajstić information content (AvgIpc) is 3.06. The number of allylic oxidation sites excluding steroid dienone is 3. The van der Waals surface area contributed by atoms with E-state index in [0.717, 1.165) is 22.3 Å². The first-order valence-corrected chi connectivity index (χ1v) is 13.0. The van der Waals surface area contributed by atoms with E-state index in [0.29, 0.717) is 27.8 Å². The van der Waals surface area contributed by atoms with E-state index >= 15 is 0 Å². The Morgan fingerprint density at radius 2 is 1.83 bits per heavy atom. The van der Waals surface area contributed by atoms with Gasteiger partial charge in [-0.2, -0.15) is 0 Å². The highest BCUT2D eigenvalue weighted by Gasteiger charge is 2.26. The first kappa shape index (κ1) is 27.0. The van der Waals surface area contributed by atoms with Crippen molar-refractivity contribution in [1.82, 2.24) is 0 Å². The second kappa shape index (κ2) is 11.9. The molecule has 36 heavy (non-hydrogen) atoms. The first-order chi connectivity index (χ1) is 17.0. The molecule has 0 saturated carbocycles. The Balaban J connectivity index is 1.82. The van der Waals surface area contributed by atoms with E-state index in [4.69, 9.17) is 0 Å². The van der Waals surface area contributed by atoms with E-state index in [2.05, 4.69) is 9.68 Å². The van der Waals surface area contributed by atoms with Crippen LogP contribution in [0.3, 0.4) is 0 Å². The van der Waals surface area contributed by atoms with Crippen molar-refractivity contribution in [2.75, 3.05) is 18.6 Å². The Morgan fingerprint density at radius 1 is 1.14 bits per heavy atom. The van der Waals surface area contributed by atoms with Crippen LogP contribution in [0, 0.1) is 26.0 Å². The molecule has 0 amide bonds. The Morgan fingerprint density at radius 3 is 2.44 bits per heavy atom. The molecule has 2 aromatic rings. The maximum Gasteiger partial charge on any atom is 0.294 e. The van der Waals surface area contributed by atoms with E-state index in [9.17, 15) is 33.6 Å². The van der Waals surface area contributed by atoms with Crippen molar-refractivity contribution in [1.29, 1.82) is 0 Å². The fraction of sp³-hybridized carbons (Fsp3) is 0.261. The lowest BCUT2D eigenvalue weighted by molar-refractivity contribution is -0.788. The SMILES string of the molecule is CC1=C(CC(=O)SCC(CO[N+](=O)[O-])O[N+](=O)[O-])c2cc(F)ccc2C1=Cc1ccc(S(C)=O)cc1. The maximum atomic E-state index is 14.1. The van der Waals surface area contributed by atoms with E-state index < -0.39 is 39.5 Å². The van der Waals surface area contributed by atoms with Gasteiger partial charge < -0.3 is 9.68 Å². The highest BCUT2D eigenvalue weighted by atomic mass is 32.2. The van der Waals surface area contributed by atoms with Crippen molar-refractivity contribution in [3.8, 4) is 0 Å². The monoisotopic (exact) mass is 536 g/mol. The normalized spacial score (nSPS) is 15.4. The second-order valence-electron chi connectivity index (χ2n) is 7.70. The summed E-state index contributed by atoms with van der Waals surface area (Å²) in [6, 6.07) is 11.5. The number of fused-ring (bicyclic) bond motifs is 1. The summed E-state index contributed by atoms with van der Waals surface area (Å²) in [4.78, 5) is 42.9. The van der Waals surface area contributed by atoms with Crippen LogP contribution in [0.25, 0.3) is 17.2 Å². The fourth-order valence-electron chi connectivity index (χ4n) is 3.66. The zero-order valence-corrected chi connectivity index (χ0v) is 20.8. The zero-order chi connectivity index (χ0) is 26.4. The summed E-state index contributed by atoms with van der Waals surface area (Å²) in [5.41, 5.74) is 4.32. The number of hydrogen-bond acceptors (Lipinski definition) is 9. The summed E-state index contributed by atoms with van der Waals surface area (Å²) in [6.07, 6.45) is 2.07. The van der Waals surface area contributed by atoms with Crippen molar-refractivity contribution in [3.05, 3.63) is 90.8 Å². The minimum atomic E-state index is -1.32. The highest BCUT2D eigenvalue weighted by Crippen LogP contribution is 2.44. The van der Waals surface area contributed by atoms with Crippen LogP contribution < -0.4 is 0 Å². The number of carbonyl (C=O) groups excluding carboxylic acids is 1. The van der Waals surface area contributed by atoms with Crippen LogP contribution in [0.1, 0.15) is 30.0 Å². The zero-order valence-electron chi connectivity index (χ0n) is 19.2. The quantitative estimate of drug-likeness (QED) is 0.303. The van der Waals surface area contributed by atoms with Crippen LogP contribution in [-0.2, 0) is 25.3 Å². The molecule has 3 rings (SSSR count). The lowest BCUT2D eigenvalue weighted by atomic mass is 10.0. The minimum Gasteiger partial charge on any atom is -0.312 e. The number of rotatable bonds is 11. The van der Waals surface area contributed by atoms with E-state index in [1.54, 1.807) is 24.5 Å². The third-order valence-electron chi connectivity index (χ3n) is 5.33. The van der Waals surface area contributed by atoms with Gasteiger partial charge in [0.25, 0.3) is 10.2 Å². The molecule has 2 atom stereocenters. The molecule has 0 radical (unpaired) electrons. The van der Waals surface area contributed by atoms with Crippen LogP contribution in [0.15, 0.2) is 52.9 Å². The molecule has 2 unspecified atom stereocenters. The molecule has 13 heteroatoms. The van der Waals surface area contributed by atoms with E-state index in [-0.39, 0.29) is 17.3 Å². The number of halogens is 1. The molecule has 1 aliphatic rings. The first-order valence-electron chi connectivity index (χ1n) is 10.4. The van der Waals surface area contributed by atoms with E-state index in [1.807, 2.05) is 25.1 Å². The molecule has 0 aliphatic heterocycles. The highest BCUT2D eigenvalue weighted by molar-refractivity contribution is 8.13. The number of hydrogen-bond donors (Lipinski definition) is 0. The van der Waals surface area contributed by atoms with Crippen LogP contribution in [0.5, 0.6) is 0 Å². The molecule has 0 N–H and O–H groups in total. The van der Waals surface area contributed by atoms with Crippen molar-refractivity contribution >= 4 is 44.9 Å². The van der Waals surface area contributed by atoms with Crippen LogP contribution >= 0.6 is 11.8 Å². The van der Waals surface area contributed by atoms with Crippen molar-refractivity contribution in [2.24, 2.45) is 0 Å². The Kier molecular flexibility index (Phi) is 8.93. The smallest absolute Gasteiger partial charge is 0.294 e. The molecule has 0 bridgehead atoms. The Labute approximate surface area is 211 Å². The van der Waals surface area contributed by atoms with Gasteiger partial charge in [-0.3, -0.25) is 9.00 Å². The fourth-order valence-corrected chi connectivity index (χ4v) is 4.95. The predicted molar refractivity (Wildman–Crippen MR) is 133 cm³/mol. The summed E-state index contributed by atoms with van der Waals surface area (Å²) < 4.78 is 25.7. The van der Waals surface area contributed by atoms with Gasteiger partial charge in [0.1, 0.15) is 18.5 Å². The molecule has 0 saturated heterocycles. The summed E-state index contributed by atoms with van der Waals surface area (Å²) in [5.74, 6) is -0.712. The molecule has 0 aromatic heterocycles. The molecule has 1 aliphatic carbocycles. The molecule has 10 nitrogen and oxygen atoms in total. The largest absolute Gasteiger partial charge is 0.312 e. The Hall–Kier alpha value is -3.58. The van der Waals surface area contributed by atoms with Gasteiger partial charge in [0.05, 0.1) is 0 Å². The average molecular weight is 537 g/mol. The lowest BCUT2D eigenvalue weighted by Crippen LogP contribution is -2.27. The molecular formula is C23H21FN2O8S2. The van der Waals surface area contributed by atoms with Gasteiger partial charge in [-0.05, 0) is 70.7 Å². The molecule has 2 aromatic carbocycles. The van der Waals surface area contributed by atoms with Gasteiger partial charge in [0.15, 0.2) is 5.12 Å². The van der Waals surface area contributed by atoms with Gasteiger partial charge >= 0.3 is 0 Å². The van der Waals surface area contributed by atoms with E-state index in [1.165, 1.54) is 12.1 Å². The topological polar surface area (TPSA) is 139 Å². The third-order valence-corrected chi connectivity index (χ3v) is 7.27. The van der Waals surface area contributed by atoms with Crippen molar-refractivity contribution in [2.45, 2.75) is 24.3 Å². The molecule has 0 spiro atoms. The molecule has 190 valence electrons. The number of benzene rings is 2. The maximum absolute atomic E-state index is 14.1. The number of thioether (sulfide) groups is 1. The van der Waals surface area contributed by atoms with Gasteiger partial charge in [0.2, 0.25) is 0 Å². The summed E-state index contributed by atoms with van der Waals surface area (Å²) >= 11 is 0.708. The second-order valence-corrected chi connectivity index (χ2v) is 10.2. The molecule has 0 fully saturated rings. The minimum absolute atomic E-state index is 0.0979. The van der Waals surface area contributed by atoms with Gasteiger partial charge in [-0.25, -0.2) is 4.39 Å². The van der Waals surface area contributed by atoms with Crippen molar-refractivity contribution in [3.63, 3.8) is 0 Å². The summed E-state index contributed by atoms with van der Waals surface area (Å²) in [6.45, 7) is 1.11. The number of carbonyl (C=O) groups is 1. The van der Waals surface area contributed by atoms with Gasteiger partial charge in [-0.1, -0.05) is 30.0 Å². The summed E-state index contributed by atoms with van der Waals surface area (Å²) in [5, 5.41) is 18.4.